The number of aliphatic hydroxyl groups excluding tert-OH is 1. The molecule has 92 valence electrons. The van der Waals surface area contributed by atoms with Crippen LogP contribution in [-0.4, -0.2) is 10.1 Å². The van der Waals surface area contributed by atoms with Gasteiger partial charge in [-0.05, 0) is 25.0 Å². The van der Waals surface area contributed by atoms with Crippen molar-refractivity contribution < 1.29 is 5.11 Å². The molecule has 0 radical (unpaired) electrons. The average Bonchev–Trinajstić information content (AvgIpc) is 2.43. The van der Waals surface area contributed by atoms with Gasteiger partial charge in [0.1, 0.15) is 0 Å². The largest absolute Gasteiger partial charge is 0.387 e. The number of aliphatic hydroxyl groups is 1. The second-order valence-electron chi connectivity index (χ2n) is 5.38. The normalized spacial score (nSPS) is 24.9. The third-order valence-corrected chi connectivity index (χ3v) is 4.28. The Morgan fingerprint density at radius 3 is 2.83 bits per heavy atom. The highest BCUT2D eigenvalue weighted by Gasteiger charge is 2.43. The molecular formula is C16H17NO. The lowest BCUT2D eigenvalue weighted by atomic mass is 9.62. The quantitative estimate of drug-likeness (QED) is 0.812. The lowest BCUT2D eigenvalue weighted by Crippen LogP contribution is -2.35. The molecular weight excluding hydrogens is 222 g/mol. The van der Waals surface area contributed by atoms with Crippen molar-refractivity contribution in [2.75, 3.05) is 0 Å². The maximum Gasteiger partial charge on any atom is 0.0895 e. The van der Waals surface area contributed by atoms with Crippen LogP contribution in [0, 0.1) is 5.41 Å². The molecule has 2 unspecified atom stereocenters. The molecule has 1 heterocycles. The zero-order chi connectivity index (χ0) is 12.8. The van der Waals surface area contributed by atoms with Crippen LogP contribution < -0.4 is 0 Å². The smallest absolute Gasteiger partial charge is 0.0895 e. The Morgan fingerprint density at radius 1 is 1.39 bits per heavy atom. The fourth-order valence-corrected chi connectivity index (χ4v) is 2.63. The minimum absolute atomic E-state index is 0.176. The van der Waals surface area contributed by atoms with Crippen LogP contribution in [0.25, 0.3) is 10.9 Å². The van der Waals surface area contributed by atoms with Gasteiger partial charge >= 0.3 is 0 Å². The van der Waals surface area contributed by atoms with E-state index in [9.17, 15) is 5.11 Å². The van der Waals surface area contributed by atoms with E-state index in [1.54, 1.807) is 6.20 Å². The Morgan fingerprint density at radius 2 is 2.17 bits per heavy atom. The van der Waals surface area contributed by atoms with E-state index in [4.69, 9.17) is 0 Å². The first-order valence-corrected chi connectivity index (χ1v) is 6.32. The molecule has 0 spiro atoms. The molecule has 2 atom stereocenters. The maximum atomic E-state index is 10.5. The Labute approximate surface area is 107 Å². The van der Waals surface area contributed by atoms with Gasteiger partial charge in [0.2, 0.25) is 0 Å². The number of aromatic nitrogens is 1. The molecule has 2 nitrogen and oxygen atoms in total. The summed E-state index contributed by atoms with van der Waals surface area (Å²) < 4.78 is 0. The van der Waals surface area contributed by atoms with Crippen LogP contribution in [0.15, 0.2) is 48.7 Å². The van der Waals surface area contributed by atoms with E-state index in [2.05, 4.69) is 18.5 Å². The van der Waals surface area contributed by atoms with Crippen molar-refractivity contribution in [3.63, 3.8) is 0 Å². The van der Waals surface area contributed by atoms with Gasteiger partial charge in [-0.3, -0.25) is 4.98 Å². The Kier molecular flexibility index (Phi) is 2.49. The predicted octanol–water partition coefficient (Wildman–Crippen LogP) is 3.62. The fraction of sp³-hybridized carbons (Fsp3) is 0.312. The Balaban J connectivity index is 2.01. The van der Waals surface area contributed by atoms with Gasteiger partial charge in [-0.15, -0.1) is 0 Å². The van der Waals surface area contributed by atoms with Gasteiger partial charge in [0, 0.05) is 22.6 Å². The van der Waals surface area contributed by atoms with Crippen molar-refractivity contribution in [3.05, 3.63) is 54.2 Å². The van der Waals surface area contributed by atoms with Gasteiger partial charge < -0.3 is 5.11 Å². The van der Waals surface area contributed by atoms with Crippen molar-refractivity contribution in [3.8, 4) is 0 Å². The fourth-order valence-electron chi connectivity index (χ4n) is 2.63. The summed E-state index contributed by atoms with van der Waals surface area (Å²) in [6.07, 6.45) is 3.30. The van der Waals surface area contributed by atoms with Crippen LogP contribution in [0.2, 0.25) is 0 Å². The molecule has 3 rings (SSSR count). The van der Waals surface area contributed by atoms with Gasteiger partial charge in [0.05, 0.1) is 11.6 Å². The van der Waals surface area contributed by atoms with E-state index in [1.165, 1.54) is 0 Å². The van der Waals surface area contributed by atoms with Crippen LogP contribution in [0.3, 0.4) is 0 Å². The number of nitrogens with zero attached hydrogens (tertiary/aromatic N) is 1. The van der Waals surface area contributed by atoms with Crippen molar-refractivity contribution in [2.45, 2.75) is 25.9 Å². The first-order chi connectivity index (χ1) is 8.61. The summed E-state index contributed by atoms with van der Waals surface area (Å²) in [6.45, 7) is 6.12. The molecule has 1 fully saturated rings. The molecule has 1 aliphatic rings. The van der Waals surface area contributed by atoms with Crippen LogP contribution in [-0.2, 0) is 0 Å². The minimum Gasteiger partial charge on any atom is -0.387 e. The molecule has 0 bridgehead atoms. The van der Waals surface area contributed by atoms with E-state index in [-0.39, 0.29) is 5.41 Å². The third-order valence-electron chi connectivity index (χ3n) is 4.28. The summed E-state index contributed by atoms with van der Waals surface area (Å²) in [5.74, 6) is 0. The number of benzene rings is 1. The monoisotopic (exact) mass is 239 g/mol. The van der Waals surface area contributed by atoms with E-state index in [1.807, 2.05) is 30.3 Å². The van der Waals surface area contributed by atoms with E-state index in [0.717, 1.165) is 34.9 Å². The number of rotatable bonds is 2. The Hall–Kier alpha value is -1.67. The predicted molar refractivity (Wildman–Crippen MR) is 73.2 cm³/mol. The first kappa shape index (κ1) is 11.4. The molecule has 2 heteroatoms. The topological polar surface area (TPSA) is 33.1 Å². The summed E-state index contributed by atoms with van der Waals surface area (Å²) in [5, 5.41) is 11.6. The minimum atomic E-state index is -0.504. The molecule has 1 aromatic heterocycles. The molecule has 1 aromatic carbocycles. The third kappa shape index (κ3) is 1.57. The van der Waals surface area contributed by atoms with Crippen LogP contribution in [0.5, 0.6) is 0 Å². The maximum absolute atomic E-state index is 10.5. The van der Waals surface area contributed by atoms with E-state index < -0.39 is 6.10 Å². The average molecular weight is 239 g/mol. The van der Waals surface area contributed by atoms with E-state index in [0.29, 0.717) is 0 Å². The number of hydrogen-bond acceptors (Lipinski definition) is 2. The number of pyridine rings is 1. The van der Waals surface area contributed by atoms with E-state index >= 15 is 0 Å². The highest BCUT2D eigenvalue weighted by Crippen LogP contribution is 2.53. The van der Waals surface area contributed by atoms with Crippen molar-refractivity contribution >= 4 is 10.9 Å². The van der Waals surface area contributed by atoms with Gasteiger partial charge in [0.25, 0.3) is 0 Å². The molecule has 1 N–H and O–H groups in total. The lowest BCUT2D eigenvalue weighted by molar-refractivity contribution is 0.0261. The molecule has 0 amide bonds. The number of hydrogen-bond donors (Lipinski definition) is 1. The first-order valence-electron chi connectivity index (χ1n) is 6.32. The lowest BCUT2D eigenvalue weighted by Gasteiger charge is -2.45. The second-order valence-corrected chi connectivity index (χ2v) is 5.38. The summed E-state index contributed by atoms with van der Waals surface area (Å²) >= 11 is 0. The van der Waals surface area contributed by atoms with Crippen molar-refractivity contribution in [1.29, 1.82) is 0 Å². The van der Waals surface area contributed by atoms with Gasteiger partial charge in [-0.1, -0.05) is 37.3 Å². The molecule has 2 aromatic rings. The molecule has 1 aliphatic carbocycles. The van der Waals surface area contributed by atoms with Gasteiger partial charge in [-0.2, -0.15) is 0 Å². The van der Waals surface area contributed by atoms with Gasteiger partial charge in [0.15, 0.2) is 0 Å². The van der Waals surface area contributed by atoms with Gasteiger partial charge in [-0.25, -0.2) is 0 Å². The molecule has 0 aliphatic heterocycles. The molecule has 1 saturated carbocycles. The zero-order valence-electron chi connectivity index (χ0n) is 10.6. The van der Waals surface area contributed by atoms with Crippen LogP contribution in [0.1, 0.15) is 31.4 Å². The standard InChI is InChI=1S/C16H17NO/c1-11-7-8-16(11,2)15(18)13-9-12-5-3-4-6-14(12)17-10-13/h3-6,9-10,15,18H,1,7-8H2,2H3. The summed E-state index contributed by atoms with van der Waals surface area (Å²) in [5.41, 5.74) is 2.82. The second kappa shape index (κ2) is 3.92. The van der Waals surface area contributed by atoms with Crippen LogP contribution in [0.4, 0.5) is 0 Å². The molecule has 0 saturated heterocycles. The number of para-hydroxylation sites is 1. The highest BCUT2D eigenvalue weighted by atomic mass is 16.3. The summed E-state index contributed by atoms with van der Waals surface area (Å²) in [7, 11) is 0. The molecule has 18 heavy (non-hydrogen) atoms. The van der Waals surface area contributed by atoms with Crippen molar-refractivity contribution in [2.24, 2.45) is 5.41 Å². The SMILES string of the molecule is C=C1CCC1(C)C(O)c1cnc2ccccc2c1. The van der Waals surface area contributed by atoms with Crippen molar-refractivity contribution in [1.82, 2.24) is 4.98 Å². The Bertz CT molecular complexity index is 619. The number of fused-ring (bicyclic) bond motifs is 1. The summed E-state index contributed by atoms with van der Waals surface area (Å²) in [6, 6.07) is 10.0. The summed E-state index contributed by atoms with van der Waals surface area (Å²) in [4.78, 5) is 4.41. The zero-order valence-corrected chi connectivity index (χ0v) is 10.6. The van der Waals surface area contributed by atoms with Crippen LogP contribution >= 0.6 is 0 Å². The highest BCUT2D eigenvalue weighted by molar-refractivity contribution is 5.78.